The first-order valence-corrected chi connectivity index (χ1v) is 9.86. The summed E-state index contributed by atoms with van der Waals surface area (Å²) in [5.41, 5.74) is 1.78. The van der Waals surface area contributed by atoms with Crippen LogP contribution in [0, 0.1) is 12.8 Å². The lowest BCUT2D eigenvalue weighted by Crippen LogP contribution is -2.36. The average Bonchev–Trinajstić information content (AvgIpc) is 3.23. The fraction of sp³-hybridized carbons (Fsp3) is 0.611. The molecule has 1 atom stereocenters. The third kappa shape index (κ3) is 4.67. The fourth-order valence-electron chi connectivity index (χ4n) is 3.11. The maximum absolute atomic E-state index is 12.1. The molecule has 1 N–H and O–H groups in total. The molecule has 3 rings (SSSR count). The number of nitrogens with zero attached hydrogens (tertiary/aromatic N) is 4. The molecule has 1 amide bonds. The molecule has 7 heteroatoms. The quantitative estimate of drug-likeness (QED) is 0.859. The van der Waals surface area contributed by atoms with E-state index < -0.39 is 0 Å². The van der Waals surface area contributed by atoms with Gasteiger partial charge in [-0.1, -0.05) is 19.1 Å². The van der Waals surface area contributed by atoms with Crippen molar-refractivity contribution in [3.63, 3.8) is 0 Å². The number of aryl methyl sites for hydroxylation is 1. The van der Waals surface area contributed by atoms with Gasteiger partial charge in [-0.25, -0.2) is 4.68 Å². The zero-order valence-corrected chi connectivity index (χ0v) is 16.1. The van der Waals surface area contributed by atoms with Crippen molar-refractivity contribution in [1.29, 1.82) is 0 Å². The van der Waals surface area contributed by atoms with Crippen molar-refractivity contribution in [3.8, 4) is 0 Å². The summed E-state index contributed by atoms with van der Waals surface area (Å²) < 4.78 is 1.87. The highest BCUT2D eigenvalue weighted by molar-refractivity contribution is 7.10. The van der Waals surface area contributed by atoms with E-state index in [-0.39, 0.29) is 11.9 Å². The Labute approximate surface area is 153 Å². The lowest BCUT2D eigenvalue weighted by Gasteiger charge is -2.32. The first kappa shape index (κ1) is 18.1. The number of likely N-dealkylation sites (tertiary alicyclic amines) is 1. The number of aromatic nitrogens is 3. The molecule has 1 aliphatic rings. The Bertz CT molecular complexity index is 708. The van der Waals surface area contributed by atoms with Crippen molar-refractivity contribution >= 4 is 17.2 Å². The minimum Gasteiger partial charge on any atom is -0.350 e. The van der Waals surface area contributed by atoms with Gasteiger partial charge in [-0.3, -0.25) is 9.69 Å². The van der Waals surface area contributed by atoms with Crippen LogP contribution in [0.5, 0.6) is 0 Å². The molecule has 2 aromatic rings. The first-order valence-electron chi connectivity index (χ1n) is 8.98. The summed E-state index contributed by atoms with van der Waals surface area (Å²) in [6.45, 7) is 10.0. The molecule has 0 bridgehead atoms. The van der Waals surface area contributed by atoms with Gasteiger partial charge in [0.1, 0.15) is 0 Å². The zero-order valence-electron chi connectivity index (χ0n) is 15.2. The molecule has 1 unspecified atom stereocenters. The molecule has 1 aliphatic heterocycles. The van der Waals surface area contributed by atoms with Gasteiger partial charge < -0.3 is 5.32 Å². The van der Waals surface area contributed by atoms with Gasteiger partial charge in [-0.05, 0) is 49.2 Å². The van der Waals surface area contributed by atoms with E-state index in [2.05, 4.69) is 52.7 Å². The third-order valence-corrected chi connectivity index (χ3v) is 5.61. The van der Waals surface area contributed by atoms with E-state index in [4.69, 9.17) is 0 Å². The molecule has 25 heavy (non-hydrogen) atoms. The number of thiophene rings is 1. The molecule has 0 aromatic carbocycles. The van der Waals surface area contributed by atoms with E-state index in [0.29, 0.717) is 18.2 Å². The average molecular weight is 362 g/mol. The number of carbonyl (C=O) groups is 1. The molecular weight excluding hydrogens is 334 g/mol. The first-order chi connectivity index (χ1) is 12.0. The van der Waals surface area contributed by atoms with Gasteiger partial charge in [0.15, 0.2) is 5.69 Å². The number of piperidine rings is 1. The van der Waals surface area contributed by atoms with Crippen LogP contribution in [0.2, 0.25) is 0 Å². The minimum absolute atomic E-state index is 0.137. The van der Waals surface area contributed by atoms with Gasteiger partial charge in [0.25, 0.3) is 5.91 Å². The Balaban J connectivity index is 1.60. The van der Waals surface area contributed by atoms with Crippen molar-refractivity contribution in [2.75, 3.05) is 19.6 Å². The van der Waals surface area contributed by atoms with Gasteiger partial charge >= 0.3 is 0 Å². The summed E-state index contributed by atoms with van der Waals surface area (Å²) in [5, 5.41) is 13.3. The molecule has 1 fully saturated rings. The Hall–Kier alpha value is -1.73. The Kier molecular flexibility index (Phi) is 5.86. The lowest BCUT2D eigenvalue weighted by atomic mass is 10.1. The van der Waals surface area contributed by atoms with Crippen LogP contribution in [0.4, 0.5) is 0 Å². The number of carbonyl (C=O) groups excluding carboxylic acids is 1. The monoisotopic (exact) mass is 361 g/mol. The van der Waals surface area contributed by atoms with Crippen LogP contribution >= 0.6 is 11.3 Å². The van der Waals surface area contributed by atoms with E-state index >= 15 is 0 Å². The molecule has 2 aromatic heterocycles. The van der Waals surface area contributed by atoms with Gasteiger partial charge in [0.2, 0.25) is 0 Å². The smallest absolute Gasteiger partial charge is 0.273 e. The maximum atomic E-state index is 12.1. The van der Waals surface area contributed by atoms with Crippen molar-refractivity contribution in [1.82, 2.24) is 25.2 Å². The van der Waals surface area contributed by atoms with E-state index in [0.717, 1.165) is 32.5 Å². The van der Waals surface area contributed by atoms with E-state index in [1.807, 2.05) is 16.0 Å². The number of hydrogen-bond acceptors (Lipinski definition) is 5. The van der Waals surface area contributed by atoms with E-state index in [9.17, 15) is 4.79 Å². The molecule has 0 aliphatic carbocycles. The number of amides is 1. The maximum Gasteiger partial charge on any atom is 0.273 e. The highest BCUT2D eigenvalue weighted by atomic mass is 32.1. The van der Waals surface area contributed by atoms with E-state index in [1.54, 1.807) is 6.20 Å². The molecule has 1 saturated heterocycles. The molecule has 0 saturated carbocycles. The zero-order chi connectivity index (χ0) is 17.8. The molecule has 136 valence electrons. The summed E-state index contributed by atoms with van der Waals surface area (Å²) >= 11 is 1.83. The van der Waals surface area contributed by atoms with Crippen LogP contribution in [-0.4, -0.2) is 45.4 Å². The Morgan fingerprint density at radius 1 is 1.48 bits per heavy atom. The van der Waals surface area contributed by atoms with Crippen LogP contribution in [0.15, 0.2) is 17.6 Å². The predicted molar refractivity (Wildman–Crippen MR) is 99.8 cm³/mol. The SMILES string of the molecule is Cc1ccsc1CN1CCCC(n2cc(C(=O)NCC(C)C)nn2)C1. The summed E-state index contributed by atoms with van der Waals surface area (Å²) in [7, 11) is 0. The summed E-state index contributed by atoms with van der Waals surface area (Å²) in [6.07, 6.45) is 4.01. The molecular formula is C18H27N5OS. The van der Waals surface area contributed by atoms with Gasteiger partial charge in [0.05, 0.1) is 12.2 Å². The number of rotatable bonds is 6. The van der Waals surface area contributed by atoms with Gasteiger partial charge in [-0.15, -0.1) is 16.4 Å². The number of nitrogens with one attached hydrogen (secondary N) is 1. The second kappa shape index (κ2) is 8.10. The summed E-state index contributed by atoms with van der Waals surface area (Å²) in [5.74, 6) is 0.286. The minimum atomic E-state index is -0.137. The second-order valence-electron chi connectivity index (χ2n) is 7.25. The molecule has 3 heterocycles. The fourth-order valence-corrected chi connectivity index (χ4v) is 4.05. The summed E-state index contributed by atoms with van der Waals surface area (Å²) in [6, 6.07) is 2.47. The third-order valence-electron chi connectivity index (χ3n) is 4.60. The van der Waals surface area contributed by atoms with Crippen molar-refractivity contribution in [3.05, 3.63) is 33.8 Å². The lowest BCUT2D eigenvalue weighted by molar-refractivity contribution is 0.0944. The van der Waals surface area contributed by atoms with Crippen LogP contribution in [-0.2, 0) is 6.54 Å². The standard InChI is InChI=1S/C18H27N5OS/c1-13(2)9-19-18(24)16-11-23(21-20-16)15-5-4-7-22(10-15)12-17-14(3)6-8-25-17/h6,8,11,13,15H,4-5,7,9-10,12H2,1-3H3,(H,19,24). The normalized spacial score (nSPS) is 18.6. The van der Waals surface area contributed by atoms with E-state index in [1.165, 1.54) is 10.4 Å². The second-order valence-corrected chi connectivity index (χ2v) is 8.25. The largest absolute Gasteiger partial charge is 0.350 e. The van der Waals surface area contributed by atoms with Crippen molar-refractivity contribution in [2.45, 2.75) is 46.2 Å². The van der Waals surface area contributed by atoms with Gasteiger partial charge in [0, 0.05) is 24.5 Å². The predicted octanol–water partition coefficient (Wildman–Crippen LogP) is 2.87. The van der Waals surface area contributed by atoms with Crippen LogP contribution in [0.3, 0.4) is 0 Å². The Morgan fingerprint density at radius 3 is 3.04 bits per heavy atom. The van der Waals surface area contributed by atoms with Crippen molar-refractivity contribution in [2.24, 2.45) is 5.92 Å². The highest BCUT2D eigenvalue weighted by Crippen LogP contribution is 2.25. The number of hydrogen-bond donors (Lipinski definition) is 1. The molecule has 0 spiro atoms. The van der Waals surface area contributed by atoms with Crippen molar-refractivity contribution < 1.29 is 4.79 Å². The molecule has 6 nitrogen and oxygen atoms in total. The summed E-state index contributed by atoms with van der Waals surface area (Å²) in [4.78, 5) is 16.0. The van der Waals surface area contributed by atoms with Crippen LogP contribution < -0.4 is 5.32 Å². The van der Waals surface area contributed by atoms with Crippen LogP contribution in [0.1, 0.15) is 53.7 Å². The van der Waals surface area contributed by atoms with Gasteiger partial charge in [-0.2, -0.15) is 0 Å². The highest BCUT2D eigenvalue weighted by Gasteiger charge is 2.24. The van der Waals surface area contributed by atoms with Crippen LogP contribution in [0.25, 0.3) is 0 Å². The topological polar surface area (TPSA) is 63.1 Å². The molecule has 0 radical (unpaired) electrons. The Morgan fingerprint density at radius 2 is 2.32 bits per heavy atom.